The van der Waals surface area contributed by atoms with E-state index in [0.29, 0.717) is 45.2 Å². The molecular formula is C26H23NO5. The van der Waals surface area contributed by atoms with Gasteiger partial charge >= 0.3 is 0 Å². The Labute approximate surface area is 186 Å². The zero-order valence-corrected chi connectivity index (χ0v) is 18.3. The Kier molecular flexibility index (Phi) is 5.69. The second kappa shape index (κ2) is 8.59. The van der Waals surface area contributed by atoms with Crippen LogP contribution in [0.15, 0.2) is 60.7 Å². The van der Waals surface area contributed by atoms with Crippen LogP contribution in [0.5, 0.6) is 17.2 Å². The molecule has 0 N–H and O–H groups in total. The first-order valence-corrected chi connectivity index (χ1v) is 10.0. The Balaban J connectivity index is 1.93. The van der Waals surface area contributed by atoms with Crippen molar-refractivity contribution in [2.75, 3.05) is 26.2 Å². The maximum absolute atomic E-state index is 13.6. The molecule has 0 saturated heterocycles. The van der Waals surface area contributed by atoms with Gasteiger partial charge in [-0.2, -0.15) is 0 Å². The van der Waals surface area contributed by atoms with E-state index in [4.69, 9.17) is 14.2 Å². The number of hydrogen-bond donors (Lipinski definition) is 0. The first-order chi connectivity index (χ1) is 15.5. The van der Waals surface area contributed by atoms with Crippen molar-refractivity contribution in [1.82, 2.24) is 0 Å². The normalized spacial score (nSPS) is 14.4. The molecule has 0 bridgehead atoms. The highest BCUT2D eigenvalue weighted by Crippen LogP contribution is 2.39. The van der Waals surface area contributed by atoms with E-state index in [1.54, 1.807) is 69.9 Å². The molecule has 1 aliphatic rings. The molecule has 1 heterocycles. The summed E-state index contributed by atoms with van der Waals surface area (Å²) in [7, 11) is 4.63. The molecule has 0 saturated carbocycles. The Hall–Kier alpha value is -4.06. The van der Waals surface area contributed by atoms with Gasteiger partial charge in [0, 0.05) is 22.8 Å². The molecule has 4 rings (SSSR count). The standard InChI is InChI=1S/C26H23NO5/c1-16-8-7-9-18(12-16)27-25(28)20-11-6-5-10-19(20)21(26(27)29)13-17-14-23(31-3)24(32-4)15-22(17)30-2/h5-15H,1-4H3/b21-13+. The number of aryl methyl sites for hydroxylation is 1. The van der Waals surface area contributed by atoms with E-state index in [0.717, 1.165) is 5.56 Å². The van der Waals surface area contributed by atoms with Gasteiger partial charge in [0.1, 0.15) is 5.75 Å². The molecule has 3 aromatic carbocycles. The largest absolute Gasteiger partial charge is 0.496 e. The second-order valence-corrected chi connectivity index (χ2v) is 7.34. The Bertz CT molecular complexity index is 1240. The molecule has 0 fully saturated rings. The number of methoxy groups -OCH3 is 3. The van der Waals surface area contributed by atoms with E-state index in [9.17, 15) is 9.59 Å². The van der Waals surface area contributed by atoms with Crippen LogP contribution in [0, 0.1) is 6.92 Å². The lowest BCUT2D eigenvalue weighted by atomic mass is 9.91. The first kappa shape index (κ1) is 21.2. The van der Waals surface area contributed by atoms with Crippen LogP contribution in [-0.2, 0) is 4.79 Å². The van der Waals surface area contributed by atoms with Crippen molar-refractivity contribution in [2.45, 2.75) is 6.92 Å². The fourth-order valence-corrected chi connectivity index (χ4v) is 3.81. The summed E-state index contributed by atoms with van der Waals surface area (Å²) in [5, 5.41) is 0. The lowest BCUT2D eigenvalue weighted by molar-refractivity contribution is -0.112. The summed E-state index contributed by atoms with van der Waals surface area (Å²) < 4.78 is 16.3. The van der Waals surface area contributed by atoms with Gasteiger partial charge in [-0.3, -0.25) is 9.59 Å². The number of benzene rings is 3. The van der Waals surface area contributed by atoms with Crippen LogP contribution in [0.4, 0.5) is 5.69 Å². The predicted molar refractivity (Wildman–Crippen MR) is 123 cm³/mol. The topological polar surface area (TPSA) is 65.1 Å². The van der Waals surface area contributed by atoms with Crippen molar-refractivity contribution < 1.29 is 23.8 Å². The molecule has 0 radical (unpaired) electrons. The fraction of sp³-hybridized carbons (Fsp3) is 0.154. The minimum Gasteiger partial charge on any atom is -0.496 e. The van der Waals surface area contributed by atoms with Crippen molar-refractivity contribution in [3.8, 4) is 17.2 Å². The Morgan fingerprint density at radius 3 is 2.03 bits per heavy atom. The summed E-state index contributed by atoms with van der Waals surface area (Å²) >= 11 is 0. The number of fused-ring (bicyclic) bond motifs is 1. The third kappa shape index (κ3) is 3.60. The van der Waals surface area contributed by atoms with Crippen molar-refractivity contribution >= 4 is 29.2 Å². The average Bonchev–Trinajstić information content (AvgIpc) is 2.81. The van der Waals surface area contributed by atoms with Gasteiger partial charge in [0.25, 0.3) is 11.8 Å². The van der Waals surface area contributed by atoms with E-state index in [1.807, 2.05) is 25.1 Å². The van der Waals surface area contributed by atoms with Gasteiger partial charge < -0.3 is 14.2 Å². The lowest BCUT2D eigenvalue weighted by Gasteiger charge is -2.29. The summed E-state index contributed by atoms with van der Waals surface area (Å²) in [6.45, 7) is 1.92. The SMILES string of the molecule is COc1cc(OC)c(OC)cc1/C=C1/C(=O)N(c2cccc(C)c2)C(=O)c2ccccc21. The predicted octanol–water partition coefficient (Wildman–Crippen LogP) is 4.75. The number of rotatable bonds is 5. The van der Waals surface area contributed by atoms with Crippen LogP contribution in [0.1, 0.15) is 27.0 Å². The van der Waals surface area contributed by atoms with Gasteiger partial charge in [0.2, 0.25) is 0 Å². The number of nitrogens with zero attached hydrogens (tertiary/aromatic N) is 1. The maximum Gasteiger partial charge on any atom is 0.265 e. The van der Waals surface area contributed by atoms with Crippen LogP contribution in [0.2, 0.25) is 0 Å². The number of carbonyl (C=O) groups excluding carboxylic acids is 2. The van der Waals surface area contributed by atoms with E-state index in [-0.39, 0.29) is 5.91 Å². The molecule has 2 amide bonds. The van der Waals surface area contributed by atoms with Crippen molar-refractivity contribution in [3.63, 3.8) is 0 Å². The average molecular weight is 429 g/mol. The number of hydrogen-bond acceptors (Lipinski definition) is 5. The van der Waals surface area contributed by atoms with Gasteiger partial charge in [-0.25, -0.2) is 4.90 Å². The highest BCUT2D eigenvalue weighted by molar-refractivity contribution is 6.43. The van der Waals surface area contributed by atoms with Crippen molar-refractivity contribution in [2.24, 2.45) is 0 Å². The fourth-order valence-electron chi connectivity index (χ4n) is 3.81. The summed E-state index contributed by atoms with van der Waals surface area (Å²) in [6, 6.07) is 17.9. The van der Waals surface area contributed by atoms with E-state index >= 15 is 0 Å². The monoisotopic (exact) mass is 429 g/mol. The van der Waals surface area contributed by atoms with Crippen LogP contribution in [0.3, 0.4) is 0 Å². The zero-order valence-electron chi connectivity index (χ0n) is 18.3. The number of amides is 2. The summed E-state index contributed by atoms with van der Waals surface area (Å²) in [5.74, 6) is 0.768. The van der Waals surface area contributed by atoms with Gasteiger partial charge in [0.05, 0.1) is 27.0 Å². The van der Waals surface area contributed by atoms with E-state index in [2.05, 4.69) is 0 Å². The molecule has 162 valence electrons. The van der Waals surface area contributed by atoms with Gasteiger partial charge in [-0.05, 0) is 48.4 Å². The van der Waals surface area contributed by atoms with Gasteiger partial charge in [-0.1, -0.05) is 30.3 Å². The summed E-state index contributed by atoms with van der Waals surface area (Å²) in [5.41, 5.74) is 3.52. The molecule has 6 heteroatoms. The third-order valence-corrected chi connectivity index (χ3v) is 5.38. The molecular weight excluding hydrogens is 406 g/mol. The van der Waals surface area contributed by atoms with E-state index in [1.165, 1.54) is 4.90 Å². The van der Waals surface area contributed by atoms with Gasteiger partial charge in [-0.15, -0.1) is 0 Å². The second-order valence-electron chi connectivity index (χ2n) is 7.34. The summed E-state index contributed by atoms with van der Waals surface area (Å²) in [4.78, 5) is 28.1. The number of ether oxygens (including phenoxy) is 3. The molecule has 6 nitrogen and oxygen atoms in total. The molecule has 1 aliphatic heterocycles. The highest BCUT2D eigenvalue weighted by Gasteiger charge is 2.36. The Morgan fingerprint density at radius 2 is 1.38 bits per heavy atom. The quantitative estimate of drug-likeness (QED) is 0.433. The van der Waals surface area contributed by atoms with Crippen LogP contribution < -0.4 is 19.1 Å². The molecule has 0 spiro atoms. The minimum atomic E-state index is -0.406. The molecule has 3 aromatic rings. The number of imide groups is 1. The number of carbonyl (C=O) groups is 2. The van der Waals surface area contributed by atoms with Gasteiger partial charge in [0.15, 0.2) is 11.5 Å². The van der Waals surface area contributed by atoms with E-state index < -0.39 is 5.91 Å². The summed E-state index contributed by atoms with van der Waals surface area (Å²) in [6.07, 6.45) is 1.72. The third-order valence-electron chi connectivity index (χ3n) is 5.38. The smallest absolute Gasteiger partial charge is 0.265 e. The molecule has 0 aromatic heterocycles. The van der Waals surface area contributed by atoms with Crippen molar-refractivity contribution in [1.29, 1.82) is 0 Å². The minimum absolute atomic E-state index is 0.354. The van der Waals surface area contributed by atoms with Crippen LogP contribution >= 0.6 is 0 Å². The molecule has 0 atom stereocenters. The first-order valence-electron chi connectivity index (χ1n) is 10.0. The van der Waals surface area contributed by atoms with Crippen LogP contribution in [0.25, 0.3) is 11.6 Å². The highest BCUT2D eigenvalue weighted by atomic mass is 16.5. The molecule has 32 heavy (non-hydrogen) atoms. The maximum atomic E-state index is 13.6. The van der Waals surface area contributed by atoms with Crippen molar-refractivity contribution in [3.05, 3.63) is 82.9 Å². The number of anilines is 1. The lowest BCUT2D eigenvalue weighted by Crippen LogP contribution is -2.41. The molecule has 0 unspecified atom stereocenters. The zero-order chi connectivity index (χ0) is 22.8. The van der Waals surface area contributed by atoms with Crippen LogP contribution in [-0.4, -0.2) is 33.1 Å². The molecule has 0 aliphatic carbocycles. The Morgan fingerprint density at radius 1 is 0.719 bits per heavy atom.